The minimum atomic E-state index is -5.08. The number of carboxylic acid groups (broad SMARTS) is 2. The molecule has 2 heterocycles. The lowest BCUT2D eigenvalue weighted by Gasteiger charge is -2.34. The zero-order chi connectivity index (χ0) is 29.9. The number of halogens is 6. The summed E-state index contributed by atoms with van der Waals surface area (Å²) < 4.78 is 63.5. The van der Waals surface area contributed by atoms with Crippen LogP contribution < -0.4 is 0 Å². The van der Waals surface area contributed by atoms with Crippen LogP contribution in [-0.2, 0) is 22.7 Å². The SMILES string of the molecule is Cc1ccccc1CN1CCN(Cc2cnc(-c3ccccc3)[nH]2)CC1.O=C(O)C(F)(F)F.O=C(O)C(F)(F)F. The Bertz CT molecular complexity index is 1200. The fraction of sp³-hybridized carbons (Fsp3) is 0.346. The van der Waals surface area contributed by atoms with Crippen molar-refractivity contribution in [3.05, 3.63) is 77.6 Å². The van der Waals surface area contributed by atoms with E-state index in [4.69, 9.17) is 19.8 Å². The lowest BCUT2D eigenvalue weighted by atomic mass is 10.1. The van der Waals surface area contributed by atoms with Crippen molar-refractivity contribution in [3.63, 3.8) is 0 Å². The summed E-state index contributed by atoms with van der Waals surface area (Å²) in [6.45, 7) is 8.65. The van der Waals surface area contributed by atoms with Gasteiger partial charge in [-0.25, -0.2) is 14.6 Å². The molecule has 0 atom stereocenters. The van der Waals surface area contributed by atoms with Crippen LogP contribution in [0.2, 0.25) is 0 Å². The highest BCUT2D eigenvalue weighted by Crippen LogP contribution is 2.17. The molecule has 3 N–H and O–H groups in total. The van der Waals surface area contributed by atoms with Crippen LogP contribution in [0.15, 0.2) is 60.8 Å². The standard InChI is InChI=1S/C22H26N4.2C2HF3O2/c1-18-7-5-6-10-20(18)16-25-11-13-26(14-12-25)17-21-15-23-22(24-21)19-8-3-2-4-9-19;2*3-2(4,5)1(6)7/h2-10,15H,11-14,16-17H2,1H3,(H,23,24);2*(H,6,7). The average Bonchev–Trinajstić information content (AvgIpc) is 3.35. The molecule has 0 saturated carbocycles. The Hall–Kier alpha value is -3.91. The number of aromatic amines is 1. The highest BCUT2D eigenvalue weighted by molar-refractivity contribution is 5.73. The molecular weight excluding hydrogens is 546 g/mol. The number of hydrogen-bond donors (Lipinski definition) is 3. The van der Waals surface area contributed by atoms with E-state index < -0.39 is 24.3 Å². The molecule has 2 aromatic carbocycles. The van der Waals surface area contributed by atoms with E-state index in [1.807, 2.05) is 24.4 Å². The Morgan fingerprint density at radius 3 is 1.73 bits per heavy atom. The molecule has 3 aromatic rings. The van der Waals surface area contributed by atoms with Crippen LogP contribution in [0.25, 0.3) is 11.4 Å². The second-order valence-corrected chi connectivity index (χ2v) is 8.71. The van der Waals surface area contributed by atoms with E-state index >= 15 is 0 Å². The van der Waals surface area contributed by atoms with Crippen molar-refractivity contribution >= 4 is 11.9 Å². The predicted octanol–water partition coefficient (Wildman–Crippen LogP) is 4.97. The van der Waals surface area contributed by atoms with Gasteiger partial charge in [0, 0.05) is 56.7 Å². The maximum absolute atomic E-state index is 10.6. The van der Waals surface area contributed by atoms with Gasteiger partial charge in [-0.15, -0.1) is 0 Å². The van der Waals surface area contributed by atoms with Crippen LogP contribution in [0, 0.1) is 6.92 Å². The van der Waals surface area contributed by atoms with Crippen LogP contribution in [0.4, 0.5) is 26.3 Å². The molecule has 0 radical (unpaired) electrons. The number of imidazole rings is 1. The van der Waals surface area contributed by atoms with Gasteiger partial charge in [0.2, 0.25) is 0 Å². The number of nitrogens with one attached hydrogen (secondary N) is 1. The molecule has 1 aromatic heterocycles. The van der Waals surface area contributed by atoms with Crippen molar-refractivity contribution in [3.8, 4) is 11.4 Å². The normalized spacial score (nSPS) is 14.4. The Balaban J connectivity index is 0.000000333. The summed E-state index contributed by atoms with van der Waals surface area (Å²) in [4.78, 5) is 30.9. The van der Waals surface area contributed by atoms with E-state index in [1.54, 1.807) is 0 Å². The van der Waals surface area contributed by atoms with Gasteiger partial charge in [0.15, 0.2) is 0 Å². The quantitative estimate of drug-likeness (QED) is 0.369. The molecular formula is C26H28F6N4O4. The lowest BCUT2D eigenvalue weighted by molar-refractivity contribution is -0.193. The summed E-state index contributed by atoms with van der Waals surface area (Å²) in [6, 6.07) is 19.0. The third-order valence-corrected chi connectivity index (χ3v) is 5.67. The fourth-order valence-electron chi connectivity index (χ4n) is 3.56. The number of H-pyrrole nitrogens is 1. The minimum absolute atomic E-state index is 0.942. The summed E-state index contributed by atoms with van der Waals surface area (Å²) in [7, 11) is 0. The van der Waals surface area contributed by atoms with E-state index in [0.29, 0.717) is 0 Å². The maximum atomic E-state index is 10.6. The molecule has 40 heavy (non-hydrogen) atoms. The van der Waals surface area contributed by atoms with Gasteiger partial charge >= 0.3 is 24.3 Å². The molecule has 0 unspecified atom stereocenters. The van der Waals surface area contributed by atoms with E-state index in [1.165, 1.54) is 16.8 Å². The number of carboxylic acids is 2. The molecule has 1 saturated heterocycles. The smallest absolute Gasteiger partial charge is 0.475 e. The van der Waals surface area contributed by atoms with Crippen molar-refractivity contribution < 1.29 is 46.1 Å². The van der Waals surface area contributed by atoms with Gasteiger partial charge < -0.3 is 15.2 Å². The first-order chi connectivity index (χ1) is 18.7. The Morgan fingerprint density at radius 1 is 0.800 bits per heavy atom. The van der Waals surface area contributed by atoms with Crippen molar-refractivity contribution in [2.45, 2.75) is 32.4 Å². The molecule has 1 aliphatic heterocycles. The topological polar surface area (TPSA) is 110 Å². The first-order valence-electron chi connectivity index (χ1n) is 11.9. The molecule has 0 spiro atoms. The van der Waals surface area contributed by atoms with Crippen molar-refractivity contribution in [1.29, 1.82) is 0 Å². The van der Waals surface area contributed by atoms with Crippen LogP contribution in [0.3, 0.4) is 0 Å². The Morgan fingerprint density at radius 2 is 1.25 bits per heavy atom. The summed E-state index contributed by atoms with van der Waals surface area (Å²) in [5.74, 6) is -4.56. The number of piperazine rings is 1. The summed E-state index contributed by atoms with van der Waals surface area (Å²) in [5.41, 5.74) is 5.17. The molecule has 4 rings (SSSR count). The first-order valence-corrected chi connectivity index (χ1v) is 11.9. The number of aryl methyl sites for hydroxylation is 1. The minimum Gasteiger partial charge on any atom is -0.475 e. The molecule has 8 nitrogen and oxygen atoms in total. The summed E-state index contributed by atoms with van der Waals surface area (Å²) >= 11 is 0. The Kier molecular flexibility index (Phi) is 11.7. The van der Waals surface area contributed by atoms with Gasteiger partial charge in [0.25, 0.3) is 0 Å². The van der Waals surface area contributed by atoms with Crippen LogP contribution in [0.5, 0.6) is 0 Å². The van der Waals surface area contributed by atoms with Gasteiger partial charge in [-0.05, 0) is 18.1 Å². The second-order valence-electron chi connectivity index (χ2n) is 8.71. The number of hydrogen-bond acceptors (Lipinski definition) is 5. The van der Waals surface area contributed by atoms with Crippen molar-refractivity contribution in [2.75, 3.05) is 26.2 Å². The molecule has 218 valence electrons. The predicted molar refractivity (Wildman–Crippen MR) is 133 cm³/mol. The molecule has 0 amide bonds. The molecule has 0 aliphatic carbocycles. The maximum Gasteiger partial charge on any atom is 0.490 e. The summed E-state index contributed by atoms with van der Waals surface area (Å²) in [5, 5.41) is 14.2. The van der Waals surface area contributed by atoms with Crippen LogP contribution >= 0.6 is 0 Å². The highest BCUT2D eigenvalue weighted by Gasteiger charge is 2.38. The number of aromatic nitrogens is 2. The zero-order valence-electron chi connectivity index (χ0n) is 21.3. The first kappa shape index (κ1) is 32.3. The lowest BCUT2D eigenvalue weighted by Crippen LogP contribution is -2.45. The van der Waals surface area contributed by atoms with Gasteiger partial charge in [0.1, 0.15) is 5.82 Å². The largest absolute Gasteiger partial charge is 0.490 e. The number of benzene rings is 2. The number of alkyl halides is 6. The van der Waals surface area contributed by atoms with Crippen LogP contribution in [0.1, 0.15) is 16.8 Å². The average molecular weight is 575 g/mol. The summed E-state index contributed by atoms with van der Waals surface area (Å²) in [6.07, 6.45) is -8.19. The zero-order valence-corrected chi connectivity index (χ0v) is 21.3. The highest BCUT2D eigenvalue weighted by atomic mass is 19.4. The number of carbonyl (C=O) groups is 2. The third-order valence-electron chi connectivity index (χ3n) is 5.67. The van der Waals surface area contributed by atoms with Gasteiger partial charge in [-0.3, -0.25) is 9.80 Å². The second kappa shape index (κ2) is 14.5. The van der Waals surface area contributed by atoms with Crippen molar-refractivity contribution in [2.24, 2.45) is 0 Å². The number of rotatable bonds is 5. The number of aliphatic carboxylic acids is 2. The van der Waals surface area contributed by atoms with E-state index in [-0.39, 0.29) is 0 Å². The molecule has 0 bridgehead atoms. The van der Waals surface area contributed by atoms with E-state index in [2.05, 4.69) is 63.1 Å². The van der Waals surface area contributed by atoms with Crippen LogP contribution in [-0.4, -0.2) is 80.5 Å². The monoisotopic (exact) mass is 574 g/mol. The van der Waals surface area contributed by atoms with Gasteiger partial charge in [-0.1, -0.05) is 54.6 Å². The van der Waals surface area contributed by atoms with E-state index in [9.17, 15) is 26.3 Å². The van der Waals surface area contributed by atoms with E-state index in [0.717, 1.165) is 50.7 Å². The van der Waals surface area contributed by atoms with Gasteiger partial charge in [0.05, 0.1) is 0 Å². The van der Waals surface area contributed by atoms with Gasteiger partial charge in [-0.2, -0.15) is 26.3 Å². The number of nitrogens with zero attached hydrogens (tertiary/aromatic N) is 3. The molecule has 1 fully saturated rings. The molecule has 14 heteroatoms. The third kappa shape index (κ3) is 11.1. The van der Waals surface area contributed by atoms with Crippen molar-refractivity contribution in [1.82, 2.24) is 19.8 Å². The fourth-order valence-corrected chi connectivity index (χ4v) is 3.56. The molecule has 1 aliphatic rings. The Labute approximate surface area is 225 Å².